The Morgan fingerprint density at radius 2 is 0.918 bits per heavy atom. The van der Waals surface area contributed by atoms with Crippen LogP contribution in [0.2, 0.25) is 5.02 Å². The molecule has 0 bridgehead atoms. The number of hydrogen-bond acceptors (Lipinski definition) is 7. The molecule has 0 saturated carbocycles. The Morgan fingerprint density at radius 3 is 1.25 bits per heavy atom. The lowest BCUT2D eigenvalue weighted by Crippen LogP contribution is -2.13. The Labute approximate surface area is 375 Å². The van der Waals surface area contributed by atoms with Gasteiger partial charge >= 0.3 is 0 Å². The molecule has 0 fully saturated rings. The minimum absolute atomic E-state index is 0.116. The maximum Gasteiger partial charge on any atom is 0.0640 e. The summed E-state index contributed by atoms with van der Waals surface area (Å²) >= 11 is 5.70. The van der Waals surface area contributed by atoms with Gasteiger partial charge in [0.2, 0.25) is 0 Å². The van der Waals surface area contributed by atoms with Crippen molar-refractivity contribution in [3.05, 3.63) is 173 Å². The molecule has 0 spiro atoms. The number of halogens is 1. The first-order valence-electron chi connectivity index (χ1n) is 21.2. The van der Waals surface area contributed by atoms with E-state index < -0.39 is 0 Å². The molecule has 0 aliphatic heterocycles. The van der Waals surface area contributed by atoms with Gasteiger partial charge in [0, 0.05) is 95.3 Å². The highest BCUT2D eigenvalue weighted by molar-refractivity contribution is 6.30. The second-order valence-corrected chi connectivity index (χ2v) is 20.7. The van der Waals surface area contributed by atoms with Crippen LogP contribution in [0.15, 0.2) is 129 Å². The number of pyridine rings is 5. The summed E-state index contributed by atoms with van der Waals surface area (Å²) in [6, 6.07) is 22.1. The van der Waals surface area contributed by atoms with Crippen LogP contribution >= 0.6 is 11.6 Å². The molecule has 7 nitrogen and oxygen atoms in total. The highest BCUT2D eigenvalue weighted by Crippen LogP contribution is 2.23. The molecule has 0 aliphatic rings. The largest absolute Gasteiger partial charge is 0.265 e. The summed E-state index contributed by atoms with van der Waals surface area (Å²) in [5.74, 6) is 0.543. The third kappa shape index (κ3) is 23.1. The summed E-state index contributed by atoms with van der Waals surface area (Å²) < 4.78 is 0. The predicted molar refractivity (Wildman–Crippen MR) is 261 cm³/mol. The average Bonchev–Trinajstić information content (AvgIpc) is 3.19. The zero-order valence-electron chi connectivity index (χ0n) is 40.7. The smallest absolute Gasteiger partial charge is 0.0640 e. The zero-order chi connectivity index (χ0) is 46.5. The van der Waals surface area contributed by atoms with Gasteiger partial charge in [-0.05, 0) is 88.9 Å². The first kappa shape index (κ1) is 54.1. The molecule has 0 radical (unpaired) electrons. The third-order valence-electron chi connectivity index (χ3n) is 8.93. The Kier molecular flexibility index (Phi) is 22.3. The van der Waals surface area contributed by atoms with E-state index >= 15 is 0 Å². The topological polar surface area (TPSA) is 90.2 Å². The van der Waals surface area contributed by atoms with Crippen molar-refractivity contribution >= 4 is 11.6 Å². The summed E-state index contributed by atoms with van der Waals surface area (Å²) in [5.41, 5.74) is 9.28. The van der Waals surface area contributed by atoms with E-state index in [0.717, 1.165) is 17.1 Å². The van der Waals surface area contributed by atoms with Gasteiger partial charge in [0.05, 0.1) is 10.7 Å². The molecule has 330 valence electrons. The van der Waals surface area contributed by atoms with Gasteiger partial charge in [-0.2, -0.15) is 0 Å². The first-order chi connectivity index (χ1) is 28.1. The first-order valence-corrected chi connectivity index (χ1v) is 21.5. The fourth-order valence-corrected chi connectivity index (χ4v) is 5.18. The van der Waals surface area contributed by atoms with Crippen LogP contribution < -0.4 is 0 Å². The monoisotopic (exact) mass is 846 g/mol. The summed E-state index contributed by atoms with van der Waals surface area (Å²) in [4.78, 5) is 28.9. The number of rotatable bonds is 1. The molecule has 6 aromatic heterocycles. The van der Waals surface area contributed by atoms with Gasteiger partial charge in [0.15, 0.2) is 0 Å². The molecule has 0 saturated heterocycles. The normalized spacial score (nSPS) is 11.3. The second kappa shape index (κ2) is 25.2. The Bertz CT molecular complexity index is 1820. The Morgan fingerprint density at radius 1 is 0.393 bits per heavy atom. The van der Waals surface area contributed by atoms with Gasteiger partial charge in [-0.15, -0.1) is 0 Å². The average molecular weight is 847 g/mol. The lowest BCUT2D eigenvalue weighted by Gasteiger charge is -2.17. The summed E-state index contributed by atoms with van der Waals surface area (Å²) in [6.07, 6.45) is 18.0. The van der Waals surface area contributed by atoms with Gasteiger partial charge in [-0.1, -0.05) is 148 Å². The van der Waals surface area contributed by atoms with Crippen LogP contribution in [0, 0.1) is 6.92 Å². The number of nitrogens with zero attached hydrogens (tertiary/aromatic N) is 7. The second-order valence-electron chi connectivity index (χ2n) is 20.3. The summed E-state index contributed by atoms with van der Waals surface area (Å²) in [5, 5.41) is 0.693. The van der Waals surface area contributed by atoms with E-state index in [1.807, 2.05) is 67.4 Å². The lowest BCUT2D eigenvalue weighted by atomic mass is 9.88. The summed E-state index contributed by atoms with van der Waals surface area (Å²) in [6.45, 7) is 38.8. The van der Waals surface area contributed by atoms with Gasteiger partial charge in [-0.3, -0.25) is 34.9 Å². The molecule has 61 heavy (non-hydrogen) atoms. The number of aromatic nitrogens is 7. The standard InChI is InChI=1S/C9H12ClN.4C9H13N.C8H12N2/c1-9(2,3)8-5-4-7(10)6-11-8;1-9(2,3)8-4-6-10-7-5-8;1-9(2,3)8-5-4-6-10-7-8;1-9(2,3)8-6-4-5-7-10-8;1-7(2)9-8(3)5-4-6-10-9;1-8(2,3)7-6-9-4-5-10-7/h4-6H,1-3H3;4*4-7H,1-3H3;4-6H,1-3H3. The van der Waals surface area contributed by atoms with Crippen LogP contribution in [0.1, 0.15) is 163 Å². The molecule has 6 rings (SSSR count). The van der Waals surface area contributed by atoms with E-state index in [0.29, 0.717) is 10.9 Å². The van der Waals surface area contributed by atoms with Crippen LogP contribution in [0.3, 0.4) is 0 Å². The predicted octanol–water partition coefficient (Wildman–Crippen LogP) is 14.5. The quantitative estimate of drug-likeness (QED) is 0.163. The maximum atomic E-state index is 5.70. The molecule has 6 aromatic rings. The summed E-state index contributed by atoms with van der Waals surface area (Å²) in [7, 11) is 0. The minimum Gasteiger partial charge on any atom is -0.265 e. The Hall–Kier alpha value is -4.88. The third-order valence-corrected chi connectivity index (χ3v) is 9.16. The molecule has 0 aliphatic carbocycles. The van der Waals surface area contributed by atoms with E-state index in [1.54, 1.807) is 31.0 Å². The van der Waals surface area contributed by atoms with Crippen LogP contribution in [0.5, 0.6) is 0 Å². The van der Waals surface area contributed by atoms with Crippen molar-refractivity contribution in [2.24, 2.45) is 0 Å². The van der Waals surface area contributed by atoms with E-state index in [4.69, 9.17) is 11.6 Å². The zero-order valence-corrected chi connectivity index (χ0v) is 41.5. The molecule has 0 atom stereocenters. The lowest BCUT2D eigenvalue weighted by molar-refractivity contribution is 0.565. The van der Waals surface area contributed by atoms with Crippen molar-refractivity contribution in [1.29, 1.82) is 0 Å². The van der Waals surface area contributed by atoms with Crippen LogP contribution in [-0.2, 0) is 27.1 Å². The number of aryl methyl sites for hydroxylation is 1. The molecular formula is C53H76ClN7. The van der Waals surface area contributed by atoms with E-state index in [2.05, 4.69) is 190 Å². The van der Waals surface area contributed by atoms with Gasteiger partial charge in [0.25, 0.3) is 0 Å². The molecule has 0 unspecified atom stereocenters. The van der Waals surface area contributed by atoms with Crippen molar-refractivity contribution in [2.45, 2.75) is 158 Å². The van der Waals surface area contributed by atoms with Gasteiger partial charge < -0.3 is 0 Å². The molecule has 0 amide bonds. The highest BCUT2D eigenvalue weighted by Gasteiger charge is 2.16. The van der Waals surface area contributed by atoms with Crippen LogP contribution in [0.4, 0.5) is 0 Å². The fourth-order valence-electron chi connectivity index (χ4n) is 5.07. The van der Waals surface area contributed by atoms with Gasteiger partial charge in [0.1, 0.15) is 0 Å². The molecule has 0 N–H and O–H groups in total. The minimum atomic E-state index is 0.116. The van der Waals surface area contributed by atoms with Crippen LogP contribution in [-0.4, -0.2) is 34.9 Å². The van der Waals surface area contributed by atoms with Crippen molar-refractivity contribution in [3.63, 3.8) is 0 Å². The number of hydrogen-bond donors (Lipinski definition) is 0. The van der Waals surface area contributed by atoms with E-state index in [1.165, 1.54) is 22.4 Å². The molecule has 8 heteroatoms. The van der Waals surface area contributed by atoms with Crippen molar-refractivity contribution in [1.82, 2.24) is 34.9 Å². The molecule has 0 aromatic carbocycles. The highest BCUT2D eigenvalue weighted by atomic mass is 35.5. The van der Waals surface area contributed by atoms with Crippen molar-refractivity contribution in [3.8, 4) is 0 Å². The van der Waals surface area contributed by atoms with Crippen LogP contribution in [0.25, 0.3) is 0 Å². The fraction of sp³-hybridized carbons (Fsp3) is 0.453. The SMILES string of the molecule is CC(C)(C)c1ccc(Cl)cn1.CC(C)(C)c1ccccn1.CC(C)(C)c1cccnc1.CC(C)(C)c1ccncc1.CC(C)(C)c1cnccn1.Cc1cccnc1C(C)C. The molecular weight excluding hydrogens is 770 g/mol. The van der Waals surface area contributed by atoms with E-state index in [-0.39, 0.29) is 27.1 Å². The molecule has 6 heterocycles. The maximum absolute atomic E-state index is 5.70. The van der Waals surface area contributed by atoms with Crippen molar-refractivity contribution in [2.75, 3.05) is 0 Å². The van der Waals surface area contributed by atoms with Gasteiger partial charge in [-0.25, -0.2) is 0 Å². The Balaban J connectivity index is 0.000000366. The van der Waals surface area contributed by atoms with Crippen molar-refractivity contribution < 1.29 is 0 Å². The van der Waals surface area contributed by atoms with E-state index in [9.17, 15) is 0 Å².